The van der Waals surface area contributed by atoms with Crippen LogP contribution in [-0.2, 0) is 0 Å². The number of hydrogen-bond donors (Lipinski definition) is 2. The second-order valence-corrected chi connectivity index (χ2v) is 7.09. The highest BCUT2D eigenvalue weighted by Gasteiger charge is 2.23. The van der Waals surface area contributed by atoms with Crippen LogP contribution in [0.2, 0.25) is 0 Å². The van der Waals surface area contributed by atoms with Gasteiger partial charge >= 0.3 is 0 Å². The third-order valence-electron chi connectivity index (χ3n) is 4.87. The molecular weight excluding hydrogens is 352 g/mol. The Labute approximate surface area is 163 Å². The van der Waals surface area contributed by atoms with E-state index in [1.807, 2.05) is 42.7 Å². The molecule has 0 saturated heterocycles. The molecular formula is C22H22N4O2. The van der Waals surface area contributed by atoms with Gasteiger partial charge in [0.1, 0.15) is 5.82 Å². The average Bonchev–Trinajstić information content (AvgIpc) is 3.46. The monoisotopic (exact) mass is 374 g/mol. The standard InChI is InChI=1S/C22H22N4O2/c1-14-13-19(15(2)26(14)20-5-3-4-12-23-20)22(28)25-17-8-6-16(7-9-17)21(27)24-18-10-11-18/h3-9,12-13,18H,10-11H2,1-2H3,(H,24,27)(H,25,28). The average molecular weight is 374 g/mol. The molecule has 2 N–H and O–H groups in total. The molecule has 1 fully saturated rings. The van der Waals surface area contributed by atoms with Crippen LogP contribution in [0.25, 0.3) is 5.82 Å². The third-order valence-corrected chi connectivity index (χ3v) is 4.87. The fraction of sp³-hybridized carbons (Fsp3) is 0.227. The van der Waals surface area contributed by atoms with Crippen molar-refractivity contribution in [3.05, 3.63) is 77.2 Å². The van der Waals surface area contributed by atoms with Gasteiger partial charge in [0, 0.05) is 34.9 Å². The first-order valence-corrected chi connectivity index (χ1v) is 9.35. The van der Waals surface area contributed by atoms with Gasteiger partial charge in [-0.15, -0.1) is 0 Å². The molecule has 142 valence electrons. The molecule has 0 bridgehead atoms. The van der Waals surface area contributed by atoms with E-state index in [1.165, 1.54) is 0 Å². The number of nitrogens with one attached hydrogen (secondary N) is 2. The number of pyridine rings is 1. The highest BCUT2D eigenvalue weighted by Crippen LogP contribution is 2.22. The molecule has 0 atom stereocenters. The van der Waals surface area contributed by atoms with E-state index >= 15 is 0 Å². The molecule has 1 saturated carbocycles. The van der Waals surface area contributed by atoms with Crippen molar-refractivity contribution < 1.29 is 9.59 Å². The summed E-state index contributed by atoms with van der Waals surface area (Å²) >= 11 is 0. The summed E-state index contributed by atoms with van der Waals surface area (Å²) in [7, 11) is 0. The van der Waals surface area contributed by atoms with E-state index < -0.39 is 0 Å². The molecule has 3 aromatic rings. The Bertz CT molecular complexity index is 1020. The first kappa shape index (κ1) is 18.0. The minimum Gasteiger partial charge on any atom is -0.349 e. The first-order valence-electron chi connectivity index (χ1n) is 9.35. The highest BCUT2D eigenvalue weighted by atomic mass is 16.2. The van der Waals surface area contributed by atoms with Crippen molar-refractivity contribution in [2.75, 3.05) is 5.32 Å². The van der Waals surface area contributed by atoms with Crippen molar-refractivity contribution in [3.63, 3.8) is 0 Å². The third kappa shape index (κ3) is 3.67. The van der Waals surface area contributed by atoms with E-state index in [-0.39, 0.29) is 11.8 Å². The van der Waals surface area contributed by atoms with Gasteiger partial charge in [-0.2, -0.15) is 0 Å². The van der Waals surface area contributed by atoms with Crippen molar-refractivity contribution in [1.29, 1.82) is 0 Å². The largest absolute Gasteiger partial charge is 0.349 e. The Morgan fingerprint density at radius 1 is 1.04 bits per heavy atom. The van der Waals surface area contributed by atoms with Crippen molar-refractivity contribution in [1.82, 2.24) is 14.9 Å². The Morgan fingerprint density at radius 3 is 2.43 bits per heavy atom. The number of anilines is 1. The van der Waals surface area contributed by atoms with E-state index in [1.54, 1.807) is 30.5 Å². The zero-order valence-electron chi connectivity index (χ0n) is 15.9. The summed E-state index contributed by atoms with van der Waals surface area (Å²) in [6.45, 7) is 3.85. The summed E-state index contributed by atoms with van der Waals surface area (Å²) in [4.78, 5) is 29.2. The second-order valence-electron chi connectivity index (χ2n) is 7.09. The van der Waals surface area contributed by atoms with Crippen molar-refractivity contribution in [2.45, 2.75) is 32.7 Å². The molecule has 6 nitrogen and oxygen atoms in total. The number of rotatable bonds is 5. The van der Waals surface area contributed by atoms with Gasteiger partial charge in [-0.25, -0.2) is 4.98 Å². The zero-order valence-corrected chi connectivity index (χ0v) is 15.9. The van der Waals surface area contributed by atoms with E-state index in [2.05, 4.69) is 15.6 Å². The minimum absolute atomic E-state index is 0.0701. The molecule has 0 radical (unpaired) electrons. The van der Waals surface area contributed by atoms with Gasteiger partial charge in [0.25, 0.3) is 11.8 Å². The number of nitrogens with zero attached hydrogens (tertiary/aromatic N) is 2. The zero-order chi connectivity index (χ0) is 19.7. The van der Waals surface area contributed by atoms with E-state index in [0.717, 1.165) is 30.0 Å². The maximum atomic E-state index is 12.8. The molecule has 1 aliphatic rings. The van der Waals surface area contributed by atoms with Gasteiger partial charge in [0.2, 0.25) is 0 Å². The Morgan fingerprint density at radius 2 is 1.79 bits per heavy atom. The topological polar surface area (TPSA) is 76.0 Å². The number of aromatic nitrogens is 2. The Balaban J connectivity index is 1.50. The molecule has 0 spiro atoms. The number of benzene rings is 1. The summed E-state index contributed by atoms with van der Waals surface area (Å²) in [5, 5.41) is 5.86. The van der Waals surface area contributed by atoms with Crippen molar-refractivity contribution in [2.24, 2.45) is 0 Å². The lowest BCUT2D eigenvalue weighted by molar-refractivity contribution is 0.0950. The fourth-order valence-corrected chi connectivity index (χ4v) is 3.23. The maximum absolute atomic E-state index is 12.8. The fourth-order valence-electron chi connectivity index (χ4n) is 3.23. The Hall–Kier alpha value is -3.41. The summed E-state index contributed by atoms with van der Waals surface area (Å²) in [6.07, 6.45) is 3.84. The molecule has 28 heavy (non-hydrogen) atoms. The van der Waals surface area contributed by atoms with Crippen LogP contribution in [0.4, 0.5) is 5.69 Å². The van der Waals surface area contributed by atoms with Crippen LogP contribution >= 0.6 is 0 Å². The molecule has 2 heterocycles. The number of aryl methyl sites for hydroxylation is 1. The van der Waals surface area contributed by atoms with Gasteiger partial charge in [-0.05, 0) is 69.2 Å². The first-order chi connectivity index (χ1) is 13.5. The molecule has 1 aliphatic carbocycles. The van der Waals surface area contributed by atoms with Gasteiger partial charge in [0.15, 0.2) is 0 Å². The molecule has 0 unspecified atom stereocenters. The predicted octanol–water partition coefficient (Wildman–Crippen LogP) is 3.63. The lowest BCUT2D eigenvalue weighted by Crippen LogP contribution is -2.25. The molecule has 2 amide bonds. The van der Waals surface area contributed by atoms with Gasteiger partial charge in [-0.3, -0.25) is 9.59 Å². The SMILES string of the molecule is Cc1cc(C(=O)Nc2ccc(C(=O)NC3CC3)cc2)c(C)n1-c1ccccn1. The quantitative estimate of drug-likeness (QED) is 0.716. The van der Waals surface area contributed by atoms with Gasteiger partial charge in [0.05, 0.1) is 5.56 Å². The van der Waals surface area contributed by atoms with Crippen LogP contribution in [0.5, 0.6) is 0 Å². The molecule has 2 aromatic heterocycles. The van der Waals surface area contributed by atoms with Crippen LogP contribution < -0.4 is 10.6 Å². The van der Waals surface area contributed by atoms with Crippen LogP contribution in [0.1, 0.15) is 44.9 Å². The molecule has 4 rings (SSSR count). The lowest BCUT2D eigenvalue weighted by Gasteiger charge is -2.09. The maximum Gasteiger partial charge on any atom is 0.257 e. The normalized spacial score (nSPS) is 13.2. The van der Waals surface area contributed by atoms with E-state index in [9.17, 15) is 9.59 Å². The summed E-state index contributed by atoms with van der Waals surface area (Å²) in [6, 6.07) is 14.8. The summed E-state index contributed by atoms with van der Waals surface area (Å²) < 4.78 is 1.96. The van der Waals surface area contributed by atoms with Crippen LogP contribution in [0.15, 0.2) is 54.7 Å². The minimum atomic E-state index is -0.189. The van der Waals surface area contributed by atoms with E-state index in [0.29, 0.717) is 22.9 Å². The van der Waals surface area contributed by atoms with E-state index in [4.69, 9.17) is 0 Å². The number of amides is 2. The molecule has 0 aliphatic heterocycles. The smallest absolute Gasteiger partial charge is 0.257 e. The number of carbonyl (C=O) groups excluding carboxylic acids is 2. The highest BCUT2D eigenvalue weighted by molar-refractivity contribution is 6.05. The molecule has 1 aromatic carbocycles. The summed E-state index contributed by atoms with van der Waals surface area (Å²) in [5.41, 5.74) is 3.61. The molecule has 6 heteroatoms. The van der Waals surface area contributed by atoms with Crippen LogP contribution in [-0.4, -0.2) is 27.4 Å². The van der Waals surface area contributed by atoms with Crippen LogP contribution in [0.3, 0.4) is 0 Å². The van der Waals surface area contributed by atoms with Crippen molar-refractivity contribution in [3.8, 4) is 5.82 Å². The number of hydrogen-bond acceptors (Lipinski definition) is 3. The van der Waals surface area contributed by atoms with Gasteiger partial charge < -0.3 is 15.2 Å². The Kier molecular flexibility index (Phi) is 4.69. The predicted molar refractivity (Wildman–Crippen MR) is 108 cm³/mol. The van der Waals surface area contributed by atoms with Crippen molar-refractivity contribution >= 4 is 17.5 Å². The lowest BCUT2D eigenvalue weighted by atomic mass is 10.1. The van der Waals surface area contributed by atoms with Crippen LogP contribution in [0, 0.1) is 13.8 Å². The van der Waals surface area contributed by atoms with Gasteiger partial charge in [-0.1, -0.05) is 6.07 Å². The number of carbonyl (C=O) groups is 2. The summed E-state index contributed by atoms with van der Waals surface area (Å²) in [5.74, 6) is 0.521. The second kappa shape index (κ2) is 7.31.